The summed E-state index contributed by atoms with van der Waals surface area (Å²) in [5, 5.41) is 0. The van der Waals surface area contributed by atoms with Gasteiger partial charge in [0.2, 0.25) is 0 Å². The van der Waals surface area contributed by atoms with Crippen molar-refractivity contribution in [2.75, 3.05) is 0 Å². The van der Waals surface area contributed by atoms with Gasteiger partial charge in [0.1, 0.15) is 0 Å². The molecular weight excluding hydrogens is 204 g/mol. The molecule has 0 heteroatoms. The van der Waals surface area contributed by atoms with Crippen LogP contribution >= 0.6 is 0 Å². The van der Waals surface area contributed by atoms with Crippen LogP contribution in [0.15, 0.2) is 48.5 Å². The molecule has 0 aromatic heterocycles. The van der Waals surface area contributed by atoms with Crippen LogP contribution in [0, 0.1) is 0 Å². The van der Waals surface area contributed by atoms with Crippen molar-refractivity contribution in [2.24, 2.45) is 0 Å². The molecule has 0 nitrogen and oxygen atoms in total. The van der Waals surface area contributed by atoms with Gasteiger partial charge in [-0.1, -0.05) is 62.4 Å². The van der Waals surface area contributed by atoms with E-state index in [2.05, 4.69) is 62.4 Å². The van der Waals surface area contributed by atoms with E-state index in [-0.39, 0.29) is 0 Å². The Kier molecular flexibility index (Phi) is 3.98. The van der Waals surface area contributed by atoms with Gasteiger partial charge < -0.3 is 0 Å². The Balaban J connectivity index is 2.37. The monoisotopic (exact) mass is 224 g/mol. The van der Waals surface area contributed by atoms with Gasteiger partial charge in [-0.3, -0.25) is 0 Å². The van der Waals surface area contributed by atoms with Gasteiger partial charge in [0.15, 0.2) is 0 Å². The molecule has 2 aromatic rings. The van der Waals surface area contributed by atoms with Crippen LogP contribution in [-0.4, -0.2) is 0 Å². The van der Waals surface area contributed by atoms with E-state index >= 15 is 0 Å². The van der Waals surface area contributed by atoms with Gasteiger partial charge >= 0.3 is 0 Å². The molecule has 0 amide bonds. The average Bonchev–Trinajstić information content (AvgIpc) is 2.40. The Bertz CT molecular complexity index is 446. The Morgan fingerprint density at radius 3 is 1.82 bits per heavy atom. The molecule has 0 aliphatic rings. The highest BCUT2D eigenvalue weighted by molar-refractivity contribution is 5.39. The maximum atomic E-state index is 2.26. The third kappa shape index (κ3) is 2.76. The van der Waals surface area contributed by atoms with Crippen molar-refractivity contribution in [2.45, 2.75) is 33.1 Å². The van der Waals surface area contributed by atoms with Crippen molar-refractivity contribution < 1.29 is 0 Å². The second-order valence-electron chi connectivity index (χ2n) is 4.42. The number of hydrogen-bond acceptors (Lipinski definition) is 0. The molecule has 0 heterocycles. The predicted molar refractivity (Wildman–Crippen MR) is 74.4 cm³/mol. The highest BCUT2D eigenvalue weighted by atomic mass is 14.1. The lowest BCUT2D eigenvalue weighted by atomic mass is 9.92. The van der Waals surface area contributed by atoms with Crippen molar-refractivity contribution in [3.8, 4) is 0 Å². The quantitative estimate of drug-likeness (QED) is 0.722. The molecule has 88 valence electrons. The highest BCUT2D eigenvalue weighted by Crippen LogP contribution is 2.20. The van der Waals surface area contributed by atoms with Crippen LogP contribution < -0.4 is 0 Å². The number of aryl methyl sites for hydroxylation is 2. The van der Waals surface area contributed by atoms with Crippen molar-refractivity contribution in [3.05, 3.63) is 70.8 Å². The molecule has 0 aliphatic carbocycles. The van der Waals surface area contributed by atoms with Crippen LogP contribution in [0.1, 0.15) is 36.1 Å². The zero-order chi connectivity index (χ0) is 12.1. The molecule has 0 atom stereocenters. The summed E-state index contributed by atoms with van der Waals surface area (Å²) in [4.78, 5) is 0. The van der Waals surface area contributed by atoms with Crippen molar-refractivity contribution >= 4 is 0 Å². The third-order valence-electron chi connectivity index (χ3n) is 3.36. The van der Waals surface area contributed by atoms with Crippen LogP contribution in [0.4, 0.5) is 0 Å². The Hall–Kier alpha value is -1.56. The van der Waals surface area contributed by atoms with E-state index in [9.17, 15) is 0 Å². The standard InChI is InChI=1S/C17H20/c1-3-15-11-8-12-16(4-2)17(15)13-14-9-6-5-7-10-14/h5-12H,3-4,13H2,1-2H3. The van der Waals surface area contributed by atoms with Gasteiger partial charge in [-0.15, -0.1) is 0 Å². The number of benzene rings is 2. The van der Waals surface area contributed by atoms with Crippen molar-refractivity contribution in [3.63, 3.8) is 0 Å². The van der Waals surface area contributed by atoms with Crippen LogP contribution in [0.25, 0.3) is 0 Å². The highest BCUT2D eigenvalue weighted by Gasteiger charge is 2.06. The molecule has 0 spiro atoms. The summed E-state index contributed by atoms with van der Waals surface area (Å²) in [5.74, 6) is 0. The fourth-order valence-electron chi connectivity index (χ4n) is 2.38. The molecule has 17 heavy (non-hydrogen) atoms. The third-order valence-corrected chi connectivity index (χ3v) is 3.36. The van der Waals surface area contributed by atoms with Crippen LogP contribution in [0.5, 0.6) is 0 Å². The van der Waals surface area contributed by atoms with E-state index in [0.717, 1.165) is 19.3 Å². The van der Waals surface area contributed by atoms with Gasteiger partial charge in [-0.25, -0.2) is 0 Å². The minimum absolute atomic E-state index is 1.06. The van der Waals surface area contributed by atoms with Gasteiger partial charge in [-0.05, 0) is 41.5 Å². The lowest BCUT2D eigenvalue weighted by Crippen LogP contribution is -2.00. The fraction of sp³-hybridized carbons (Fsp3) is 0.294. The average molecular weight is 224 g/mol. The van der Waals surface area contributed by atoms with Crippen LogP contribution in [0.2, 0.25) is 0 Å². The number of rotatable bonds is 4. The molecule has 0 unspecified atom stereocenters. The summed E-state index contributed by atoms with van der Waals surface area (Å²) in [5.41, 5.74) is 5.92. The second-order valence-corrected chi connectivity index (χ2v) is 4.42. The molecule has 0 fully saturated rings. The molecule has 0 N–H and O–H groups in total. The van der Waals surface area contributed by atoms with Gasteiger partial charge in [0.05, 0.1) is 0 Å². The molecular formula is C17H20. The maximum Gasteiger partial charge on any atom is -0.00203 e. The summed E-state index contributed by atoms with van der Waals surface area (Å²) in [7, 11) is 0. The zero-order valence-electron chi connectivity index (χ0n) is 10.7. The van der Waals surface area contributed by atoms with Crippen molar-refractivity contribution in [1.82, 2.24) is 0 Å². The minimum atomic E-state index is 1.06. The summed E-state index contributed by atoms with van der Waals surface area (Å²) in [6.07, 6.45) is 3.31. The van der Waals surface area contributed by atoms with Gasteiger partial charge in [0, 0.05) is 0 Å². The van der Waals surface area contributed by atoms with E-state index in [1.807, 2.05) is 0 Å². The molecule has 0 saturated carbocycles. The summed E-state index contributed by atoms with van der Waals surface area (Å²) >= 11 is 0. The first-order valence-corrected chi connectivity index (χ1v) is 6.48. The largest absolute Gasteiger partial charge is 0.0622 e. The fourth-order valence-corrected chi connectivity index (χ4v) is 2.38. The van der Waals surface area contributed by atoms with Crippen molar-refractivity contribution in [1.29, 1.82) is 0 Å². The summed E-state index contributed by atoms with van der Waals surface area (Å²) < 4.78 is 0. The molecule has 0 bridgehead atoms. The van der Waals surface area contributed by atoms with Crippen LogP contribution in [-0.2, 0) is 19.3 Å². The number of hydrogen-bond donors (Lipinski definition) is 0. The van der Waals surface area contributed by atoms with E-state index in [0.29, 0.717) is 0 Å². The molecule has 0 saturated heterocycles. The van der Waals surface area contributed by atoms with E-state index < -0.39 is 0 Å². The summed E-state index contributed by atoms with van der Waals surface area (Å²) in [6.45, 7) is 4.48. The molecule has 0 radical (unpaired) electrons. The first kappa shape index (κ1) is 11.9. The maximum absolute atomic E-state index is 2.26. The van der Waals surface area contributed by atoms with E-state index in [1.165, 1.54) is 22.3 Å². The SMILES string of the molecule is CCc1cccc(CC)c1Cc1ccccc1. The predicted octanol–water partition coefficient (Wildman–Crippen LogP) is 4.40. The lowest BCUT2D eigenvalue weighted by Gasteiger charge is -2.13. The normalized spacial score (nSPS) is 10.5. The van der Waals surface area contributed by atoms with Gasteiger partial charge in [-0.2, -0.15) is 0 Å². The summed E-state index contributed by atoms with van der Waals surface area (Å²) in [6, 6.07) is 17.5. The topological polar surface area (TPSA) is 0 Å². The first-order valence-electron chi connectivity index (χ1n) is 6.48. The van der Waals surface area contributed by atoms with E-state index in [1.54, 1.807) is 0 Å². The zero-order valence-corrected chi connectivity index (χ0v) is 10.7. The smallest absolute Gasteiger partial charge is 0.00203 e. The van der Waals surface area contributed by atoms with Gasteiger partial charge in [0.25, 0.3) is 0 Å². The Morgan fingerprint density at radius 1 is 0.706 bits per heavy atom. The minimum Gasteiger partial charge on any atom is -0.0622 e. The lowest BCUT2D eigenvalue weighted by molar-refractivity contribution is 1.00. The molecule has 0 aliphatic heterocycles. The Morgan fingerprint density at radius 2 is 1.29 bits per heavy atom. The first-order chi connectivity index (χ1) is 8.35. The van der Waals surface area contributed by atoms with Crippen LogP contribution in [0.3, 0.4) is 0 Å². The van der Waals surface area contributed by atoms with E-state index in [4.69, 9.17) is 0 Å². The molecule has 2 rings (SSSR count). The molecule has 2 aromatic carbocycles. The Labute approximate surface area is 104 Å². The second kappa shape index (κ2) is 5.67.